The third-order valence-corrected chi connectivity index (χ3v) is 5.07. The molecular formula is C14H20N2O6S. The molecule has 0 saturated carbocycles. The molecule has 0 bridgehead atoms. The Hall–Kier alpha value is -2.13. The van der Waals surface area contributed by atoms with Gasteiger partial charge in [-0.25, -0.2) is 17.5 Å². The molecule has 0 aliphatic rings. The number of amides is 1. The summed E-state index contributed by atoms with van der Waals surface area (Å²) < 4.78 is 30.3. The molecule has 0 atom stereocenters. The molecule has 9 heteroatoms. The Bertz CT molecular complexity index is 683. The molecule has 0 aliphatic heterocycles. The summed E-state index contributed by atoms with van der Waals surface area (Å²) in [6, 6.07) is 3.89. The third-order valence-electron chi connectivity index (χ3n) is 3.13. The van der Waals surface area contributed by atoms with E-state index in [0.717, 1.165) is 0 Å². The number of carbonyl (C=O) groups is 2. The van der Waals surface area contributed by atoms with E-state index >= 15 is 0 Å². The Morgan fingerprint density at radius 1 is 1.26 bits per heavy atom. The monoisotopic (exact) mass is 344 g/mol. The van der Waals surface area contributed by atoms with Gasteiger partial charge in [0.05, 0.1) is 18.4 Å². The van der Waals surface area contributed by atoms with Crippen LogP contribution in [0, 0.1) is 0 Å². The molecule has 1 amide bonds. The van der Waals surface area contributed by atoms with E-state index in [1.54, 1.807) is 13.8 Å². The van der Waals surface area contributed by atoms with Gasteiger partial charge in [0.15, 0.2) is 0 Å². The summed E-state index contributed by atoms with van der Waals surface area (Å²) >= 11 is 0. The number of rotatable bonds is 8. The minimum Gasteiger partial charge on any atom is -0.495 e. The van der Waals surface area contributed by atoms with Gasteiger partial charge < -0.3 is 15.2 Å². The first-order valence-corrected chi connectivity index (χ1v) is 8.55. The standard InChI is InChI=1S/C14H20N2O6S/c1-4-16(5-2)23(20,21)9-13(17)15-11-7-6-10(14(18)19)8-12(11)22-3/h6-8H,4-5,9H2,1-3H3,(H,15,17)(H,18,19). The van der Waals surface area contributed by atoms with Gasteiger partial charge in [-0.2, -0.15) is 0 Å². The Labute approximate surface area is 135 Å². The number of nitrogens with zero attached hydrogens (tertiary/aromatic N) is 1. The maximum Gasteiger partial charge on any atom is 0.335 e. The van der Waals surface area contributed by atoms with Gasteiger partial charge in [0.1, 0.15) is 11.5 Å². The third kappa shape index (κ3) is 4.93. The molecule has 0 saturated heterocycles. The zero-order valence-electron chi connectivity index (χ0n) is 13.2. The molecule has 2 N–H and O–H groups in total. The number of hydrogen-bond acceptors (Lipinski definition) is 5. The van der Waals surface area contributed by atoms with Crippen LogP contribution in [0.1, 0.15) is 24.2 Å². The van der Waals surface area contributed by atoms with Crippen molar-refractivity contribution in [2.24, 2.45) is 0 Å². The molecule has 0 spiro atoms. The predicted octanol–water partition coefficient (Wildman–Crippen LogP) is 1.00. The van der Waals surface area contributed by atoms with Crippen molar-refractivity contribution < 1.29 is 27.9 Å². The lowest BCUT2D eigenvalue weighted by Gasteiger charge is -2.18. The van der Waals surface area contributed by atoms with Gasteiger partial charge in [-0.3, -0.25) is 4.79 Å². The highest BCUT2D eigenvalue weighted by Crippen LogP contribution is 2.25. The van der Waals surface area contributed by atoms with E-state index in [1.807, 2.05) is 0 Å². The number of carboxylic acids is 1. The Morgan fingerprint density at radius 2 is 1.87 bits per heavy atom. The smallest absolute Gasteiger partial charge is 0.335 e. The van der Waals surface area contributed by atoms with Gasteiger partial charge in [-0.05, 0) is 18.2 Å². The molecule has 1 rings (SSSR count). The first-order valence-electron chi connectivity index (χ1n) is 6.94. The number of hydrogen-bond donors (Lipinski definition) is 2. The normalized spacial score (nSPS) is 11.3. The highest BCUT2D eigenvalue weighted by molar-refractivity contribution is 7.89. The first-order chi connectivity index (χ1) is 10.7. The highest BCUT2D eigenvalue weighted by atomic mass is 32.2. The fourth-order valence-corrected chi connectivity index (χ4v) is 3.36. The zero-order valence-corrected chi connectivity index (χ0v) is 14.0. The van der Waals surface area contributed by atoms with Crippen molar-refractivity contribution in [3.8, 4) is 5.75 Å². The number of carbonyl (C=O) groups excluding carboxylic acids is 1. The summed E-state index contributed by atoms with van der Waals surface area (Å²) in [5.41, 5.74) is 0.202. The second kappa shape index (κ2) is 7.93. The summed E-state index contributed by atoms with van der Waals surface area (Å²) in [6.07, 6.45) is 0. The maximum atomic E-state index is 12.0. The van der Waals surface area contributed by atoms with Crippen LogP contribution in [0.5, 0.6) is 5.75 Å². The van der Waals surface area contributed by atoms with Crippen LogP contribution in [-0.4, -0.2) is 55.7 Å². The van der Waals surface area contributed by atoms with E-state index in [9.17, 15) is 18.0 Å². The van der Waals surface area contributed by atoms with Crippen LogP contribution in [0.4, 0.5) is 5.69 Å². The predicted molar refractivity (Wildman–Crippen MR) is 85.3 cm³/mol. The quantitative estimate of drug-likeness (QED) is 0.727. The van der Waals surface area contributed by atoms with Crippen molar-refractivity contribution in [1.82, 2.24) is 4.31 Å². The molecule has 0 heterocycles. The van der Waals surface area contributed by atoms with Crippen molar-refractivity contribution in [1.29, 1.82) is 0 Å². The summed E-state index contributed by atoms with van der Waals surface area (Å²) in [6.45, 7) is 3.94. The van der Waals surface area contributed by atoms with Crippen LogP contribution < -0.4 is 10.1 Å². The molecule has 128 valence electrons. The van der Waals surface area contributed by atoms with E-state index in [1.165, 1.54) is 29.6 Å². The number of sulfonamides is 1. The lowest BCUT2D eigenvalue weighted by atomic mass is 10.2. The van der Waals surface area contributed by atoms with Crippen LogP contribution >= 0.6 is 0 Å². The van der Waals surface area contributed by atoms with Crippen molar-refractivity contribution in [2.45, 2.75) is 13.8 Å². The van der Waals surface area contributed by atoms with Gasteiger partial charge in [0, 0.05) is 13.1 Å². The first kappa shape index (κ1) is 18.9. The van der Waals surface area contributed by atoms with Gasteiger partial charge in [0.2, 0.25) is 15.9 Å². The number of anilines is 1. The minimum absolute atomic E-state index is 0.00406. The zero-order chi connectivity index (χ0) is 17.6. The number of nitrogens with one attached hydrogen (secondary N) is 1. The summed E-state index contributed by atoms with van der Waals surface area (Å²) in [5, 5.41) is 11.3. The van der Waals surface area contributed by atoms with Gasteiger partial charge in [0.25, 0.3) is 0 Å². The number of methoxy groups -OCH3 is 1. The van der Waals surface area contributed by atoms with E-state index in [2.05, 4.69) is 5.32 Å². The number of benzene rings is 1. The topological polar surface area (TPSA) is 113 Å². The summed E-state index contributed by atoms with van der Waals surface area (Å²) in [7, 11) is -2.37. The van der Waals surface area contributed by atoms with E-state index in [4.69, 9.17) is 9.84 Å². The van der Waals surface area contributed by atoms with Crippen molar-refractivity contribution in [3.05, 3.63) is 23.8 Å². The molecule has 8 nitrogen and oxygen atoms in total. The molecule has 0 radical (unpaired) electrons. The summed E-state index contributed by atoms with van der Waals surface area (Å²) in [5.74, 6) is -2.42. The second-order valence-electron chi connectivity index (χ2n) is 4.61. The van der Waals surface area contributed by atoms with Crippen LogP contribution in [0.3, 0.4) is 0 Å². The van der Waals surface area contributed by atoms with Gasteiger partial charge in [-0.1, -0.05) is 13.8 Å². The summed E-state index contributed by atoms with van der Waals surface area (Å²) in [4.78, 5) is 22.9. The van der Waals surface area contributed by atoms with Crippen LogP contribution in [-0.2, 0) is 14.8 Å². The molecule has 0 aliphatic carbocycles. The Kier molecular flexibility index (Phi) is 6.52. The van der Waals surface area contributed by atoms with Crippen LogP contribution in [0.25, 0.3) is 0 Å². The fraction of sp³-hybridized carbons (Fsp3) is 0.429. The lowest BCUT2D eigenvalue weighted by Crippen LogP contribution is -2.36. The molecular weight excluding hydrogens is 324 g/mol. The molecule has 1 aromatic carbocycles. The van der Waals surface area contributed by atoms with Crippen molar-refractivity contribution >= 4 is 27.6 Å². The Morgan fingerprint density at radius 3 is 2.35 bits per heavy atom. The van der Waals surface area contributed by atoms with Crippen molar-refractivity contribution in [3.63, 3.8) is 0 Å². The van der Waals surface area contributed by atoms with Gasteiger partial charge >= 0.3 is 5.97 Å². The SMILES string of the molecule is CCN(CC)S(=O)(=O)CC(=O)Nc1ccc(C(=O)O)cc1OC. The molecule has 0 unspecified atom stereocenters. The second-order valence-corrected chi connectivity index (χ2v) is 6.58. The molecule has 0 aromatic heterocycles. The van der Waals surface area contributed by atoms with Gasteiger partial charge in [-0.15, -0.1) is 0 Å². The maximum absolute atomic E-state index is 12.0. The molecule has 1 aromatic rings. The average molecular weight is 344 g/mol. The fourth-order valence-electron chi connectivity index (χ4n) is 1.99. The number of carboxylic acid groups (broad SMARTS) is 1. The Balaban J connectivity index is 2.92. The molecule has 0 fully saturated rings. The van der Waals surface area contributed by atoms with Crippen LogP contribution in [0.2, 0.25) is 0 Å². The van der Waals surface area contributed by atoms with E-state index < -0.39 is 27.7 Å². The van der Waals surface area contributed by atoms with Crippen molar-refractivity contribution in [2.75, 3.05) is 31.3 Å². The minimum atomic E-state index is -3.70. The number of ether oxygens (including phenoxy) is 1. The van der Waals surface area contributed by atoms with E-state index in [-0.39, 0.29) is 30.1 Å². The largest absolute Gasteiger partial charge is 0.495 e. The molecule has 23 heavy (non-hydrogen) atoms. The van der Waals surface area contributed by atoms with E-state index in [0.29, 0.717) is 0 Å². The average Bonchev–Trinajstić information content (AvgIpc) is 2.47. The highest BCUT2D eigenvalue weighted by Gasteiger charge is 2.23. The lowest BCUT2D eigenvalue weighted by molar-refractivity contribution is -0.113. The number of aromatic carboxylic acids is 1. The van der Waals surface area contributed by atoms with Crippen LogP contribution in [0.15, 0.2) is 18.2 Å².